The minimum atomic E-state index is -1.28. The molecule has 34 heavy (non-hydrogen) atoms. The van der Waals surface area contributed by atoms with Crippen LogP contribution >= 0.6 is 23.2 Å². The second kappa shape index (κ2) is 8.38. The lowest BCUT2D eigenvalue weighted by molar-refractivity contribution is 0.100. The van der Waals surface area contributed by atoms with Crippen LogP contribution in [-0.2, 0) is 6.54 Å². The molecule has 8 heteroatoms. The van der Waals surface area contributed by atoms with E-state index in [0.29, 0.717) is 43.0 Å². The minimum Gasteiger partial charge on any atom is -0.366 e. The molecule has 0 aliphatic rings. The van der Waals surface area contributed by atoms with E-state index in [4.69, 9.17) is 28.9 Å². The summed E-state index contributed by atoms with van der Waals surface area (Å²) in [4.78, 5) is 12.1. The molecule has 0 aliphatic heterocycles. The smallest absolute Gasteiger partial charge is 0.249 e. The first-order valence-corrected chi connectivity index (χ1v) is 10.9. The molecular weight excluding hydrogens is 484 g/mol. The Morgan fingerprint density at radius 2 is 1.74 bits per heavy atom. The fourth-order valence-corrected chi connectivity index (χ4v) is 4.70. The van der Waals surface area contributed by atoms with Gasteiger partial charge in [0.15, 0.2) is 11.6 Å². The molecule has 0 saturated carbocycles. The first-order valence-electron chi connectivity index (χ1n) is 10.1. The van der Waals surface area contributed by atoms with Gasteiger partial charge < -0.3 is 10.3 Å². The molecular formula is C26H14Cl2F3N2O. The molecule has 1 aromatic heterocycles. The summed E-state index contributed by atoms with van der Waals surface area (Å²) in [7, 11) is 0. The van der Waals surface area contributed by atoms with Gasteiger partial charge in [0.25, 0.3) is 0 Å². The molecule has 5 aromatic rings. The molecule has 0 saturated heterocycles. The van der Waals surface area contributed by atoms with Crippen LogP contribution in [-0.4, -0.2) is 10.5 Å². The van der Waals surface area contributed by atoms with Crippen molar-refractivity contribution in [3.05, 3.63) is 105 Å². The maximum atomic E-state index is 14.6. The van der Waals surface area contributed by atoms with Gasteiger partial charge in [-0.15, -0.1) is 0 Å². The minimum absolute atomic E-state index is 0.231. The van der Waals surface area contributed by atoms with Gasteiger partial charge in [0.05, 0.1) is 17.6 Å². The highest BCUT2D eigenvalue weighted by atomic mass is 35.5. The average molecular weight is 498 g/mol. The van der Waals surface area contributed by atoms with E-state index >= 15 is 0 Å². The highest BCUT2D eigenvalue weighted by molar-refractivity contribution is 6.36. The summed E-state index contributed by atoms with van der Waals surface area (Å²) in [5, 5.41) is 1.88. The summed E-state index contributed by atoms with van der Waals surface area (Å²) in [6, 6.07) is 18.1. The zero-order valence-electron chi connectivity index (χ0n) is 17.3. The van der Waals surface area contributed by atoms with Crippen molar-refractivity contribution < 1.29 is 18.0 Å². The molecule has 1 radical (unpaired) electrons. The van der Waals surface area contributed by atoms with E-state index in [2.05, 4.69) is 6.07 Å². The standard InChI is InChI=1S/C26H14Cl2F3N2O/c27-14-5-7-15(19(28)11-14)13-4-6-16-23(10-13)33(12-18-20(29)8-9-21(30)25(18)31)22-3-1-2-17(24(16)22)26(32)34/h1-5,7-11H,12H2,(H2,32,34). The fraction of sp³-hybridized carbons (Fsp3) is 0.0385. The van der Waals surface area contributed by atoms with Gasteiger partial charge in [-0.1, -0.05) is 35.3 Å². The lowest BCUT2D eigenvalue weighted by Gasteiger charge is -2.11. The molecule has 0 fully saturated rings. The number of halogens is 5. The van der Waals surface area contributed by atoms with Gasteiger partial charge in [-0.3, -0.25) is 4.79 Å². The Morgan fingerprint density at radius 3 is 2.47 bits per heavy atom. The molecule has 1 heterocycles. The molecule has 5 rings (SSSR count). The number of hydrogen-bond donors (Lipinski definition) is 1. The van der Waals surface area contributed by atoms with Crippen LogP contribution in [0.3, 0.4) is 0 Å². The molecule has 0 spiro atoms. The normalized spacial score (nSPS) is 11.4. The number of amides is 1. The number of aromatic nitrogens is 1. The number of benzene rings is 4. The Bertz CT molecular complexity index is 1630. The van der Waals surface area contributed by atoms with Crippen molar-refractivity contribution in [3.8, 4) is 11.1 Å². The summed E-state index contributed by atoms with van der Waals surface area (Å²) in [6.45, 7) is -0.330. The second-order valence-electron chi connectivity index (χ2n) is 7.74. The van der Waals surface area contributed by atoms with Crippen molar-refractivity contribution in [2.24, 2.45) is 5.73 Å². The van der Waals surface area contributed by atoms with Gasteiger partial charge in [-0.2, -0.15) is 0 Å². The molecule has 0 aliphatic carbocycles. The maximum Gasteiger partial charge on any atom is 0.249 e. The Balaban J connectivity index is 1.84. The van der Waals surface area contributed by atoms with E-state index < -0.39 is 28.9 Å². The summed E-state index contributed by atoms with van der Waals surface area (Å²) in [5.41, 5.74) is 7.71. The van der Waals surface area contributed by atoms with Gasteiger partial charge in [0, 0.05) is 37.5 Å². The molecule has 0 unspecified atom stereocenters. The predicted octanol–water partition coefficient (Wildman–Crippen LogP) is 7.13. The first-order chi connectivity index (χ1) is 16.3. The van der Waals surface area contributed by atoms with Crippen molar-refractivity contribution in [2.75, 3.05) is 0 Å². The third-order valence-corrected chi connectivity index (χ3v) is 6.30. The Kier molecular flexibility index (Phi) is 5.50. The van der Waals surface area contributed by atoms with Gasteiger partial charge in [0.2, 0.25) is 5.91 Å². The van der Waals surface area contributed by atoms with Crippen molar-refractivity contribution in [1.82, 2.24) is 4.57 Å². The van der Waals surface area contributed by atoms with Gasteiger partial charge in [-0.25, -0.2) is 13.2 Å². The molecule has 0 bridgehead atoms. The van der Waals surface area contributed by atoms with Crippen LogP contribution in [0.4, 0.5) is 13.2 Å². The van der Waals surface area contributed by atoms with Gasteiger partial charge >= 0.3 is 0 Å². The molecule has 2 N–H and O–H groups in total. The zero-order valence-corrected chi connectivity index (χ0v) is 18.8. The largest absolute Gasteiger partial charge is 0.366 e. The molecule has 4 aromatic carbocycles. The van der Waals surface area contributed by atoms with Crippen LogP contribution in [0.5, 0.6) is 0 Å². The van der Waals surface area contributed by atoms with Gasteiger partial charge in [-0.05, 0) is 60.2 Å². The molecule has 169 valence electrons. The molecule has 1 amide bonds. The van der Waals surface area contributed by atoms with Gasteiger partial charge in [0.1, 0.15) is 5.82 Å². The maximum absolute atomic E-state index is 14.6. The second-order valence-corrected chi connectivity index (χ2v) is 8.59. The number of nitrogens with zero attached hydrogens (tertiary/aromatic N) is 1. The van der Waals surface area contributed by atoms with Crippen LogP contribution in [0.15, 0.2) is 60.7 Å². The first kappa shape index (κ1) is 22.3. The van der Waals surface area contributed by atoms with E-state index in [1.165, 1.54) is 0 Å². The lowest BCUT2D eigenvalue weighted by atomic mass is 10.0. The fourth-order valence-electron chi connectivity index (χ4n) is 4.18. The Hall–Kier alpha value is -3.48. The highest BCUT2D eigenvalue weighted by Gasteiger charge is 2.21. The monoisotopic (exact) mass is 497 g/mol. The summed E-state index contributed by atoms with van der Waals surface area (Å²) < 4.78 is 44.6. The van der Waals surface area contributed by atoms with E-state index in [0.717, 1.165) is 12.1 Å². The van der Waals surface area contributed by atoms with Crippen LogP contribution in [0.25, 0.3) is 32.9 Å². The number of fused-ring (bicyclic) bond motifs is 3. The Morgan fingerprint density at radius 1 is 0.971 bits per heavy atom. The van der Waals surface area contributed by atoms with Crippen LogP contribution in [0.1, 0.15) is 15.9 Å². The average Bonchev–Trinajstić information content (AvgIpc) is 3.12. The van der Waals surface area contributed by atoms with Crippen molar-refractivity contribution in [2.45, 2.75) is 6.54 Å². The SMILES string of the molecule is NC(=O)c1cccc2c1c1[c]cc(-c3ccc(Cl)cc3Cl)cc1n2Cc1c(F)ccc(F)c1F. The Labute approximate surface area is 202 Å². The van der Waals surface area contributed by atoms with Crippen molar-refractivity contribution >= 4 is 50.9 Å². The van der Waals surface area contributed by atoms with E-state index in [1.807, 2.05) is 0 Å². The summed E-state index contributed by atoms with van der Waals surface area (Å²) in [6.07, 6.45) is 0. The lowest BCUT2D eigenvalue weighted by Crippen LogP contribution is -2.11. The van der Waals surface area contributed by atoms with Crippen LogP contribution in [0, 0.1) is 23.5 Å². The van der Waals surface area contributed by atoms with Crippen molar-refractivity contribution in [1.29, 1.82) is 0 Å². The zero-order chi connectivity index (χ0) is 24.1. The number of primary amides is 1. The number of rotatable bonds is 4. The number of nitrogens with two attached hydrogens (primary N) is 1. The van der Waals surface area contributed by atoms with E-state index in [9.17, 15) is 18.0 Å². The summed E-state index contributed by atoms with van der Waals surface area (Å²) in [5.74, 6) is -3.98. The predicted molar refractivity (Wildman–Crippen MR) is 128 cm³/mol. The highest BCUT2D eigenvalue weighted by Crippen LogP contribution is 2.37. The van der Waals surface area contributed by atoms with E-state index in [-0.39, 0.29) is 12.1 Å². The van der Waals surface area contributed by atoms with Crippen LogP contribution in [0.2, 0.25) is 10.0 Å². The number of carbonyl (C=O) groups is 1. The van der Waals surface area contributed by atoms with E-state index in [1.54, 1.807) is 53.1 Å². The third kappa shape index (κ3) is 3.59. The topological polar surface area (TPSA) is 48.0 Å². The summed E-state index contributed by atoms with van der Waals surface area (Å²) >= 11 is 12.4. The number of hydrogen-bond acceptors (Lipinski definition) is 1. The number of carbonyl (C=O) groups excluding carboxylic acids is 1. The van der Waals surface area contributed by atoms with Crippen molar-refractivity contribution in [3.63, 3.8) is 0 Å². The quantitative estimate of drug-likeness (QED) is 0.263. The molecule has 3 nitrogen and oxygen atoms in total. The third-order valence-electron chi connectivity index (χ3n) is 5.76. The molecule has 0 atom stereocenters. The van der Waals surface area contributed by atoms with Crippen LogP contribution < -0.4 is 5.73 Å².